The van der Waals surface area contributed by atoms with E-state index in [1.165, 1.54) is 46.8 Å². The molecule has 204 valence electrons. The molecule has 0 saturated heterocycles. The molecular weight excluding hydrogens is 534 g/mol. The van der Waals surface area contributed by atoms with E-state index in [0.29, 0.717) is 23.2 Å². The minimum atomic E-state index is -0.931. The number of hydrogen-bond acceptors (Lipinski definition) is 9. The zero-order valence-corrected chi connectivity index (χ0v) is 22.3. The van der Waals surface area contributed by atoms with Gasteiger partial charge in [0.15, 0.2) is 11.7 Å². The molecule has 5 N–H and O–H groups in total. The van der Waals surface area contributed by atoms with E-state index in [1.807, 2.05) is 18.2 Å². The lowest BCUT2D eigenvalue weighted by Gasteiger charge is -2.24. The van der Waals surface area contributed by atoms with Crippen LogP contribution in [0.25, 0.3) is 33.4 Å². The van der Waals surface area contributed by atoms with Gasteiger partial charge in [-0.05, 0) is 49.8 Å². The summed E-state index contributed by atoms with van der Waals surface area (Å²) in [5.74, 6) is -1.73. The number of nitrogens with two attached hydrogens (primary N) is 2. The fourth-order valence-corrected chi connectivity index (χ4v) is 5.39. The number of anilines is 1. The van der Waals surface area contributed by atoms with Gasteiger partial charge in [0.25, 0.3) is 5.56 Å². The maximum atomic E-state index is 13.9. The van der Waals surface area contributed by atoms with E-state index in [0.717, 1.165) is 20.8 Å². The van der Waals surface area contributed by atoms with E-state index in [4.69, 9.17) is 11.5 Å². The number of aromatic nitrogens is 5. The van der Waals surface area contributed by atoms with Crippen molar-refractivity contribution in [3.05, 3.63) is 99.3 Å². The first-order valence-electron chi connectivity index (χ1n) is 12.4. The Hall–Kier alpha value is -4.71. The van der Waals surface area contributed by atoms with Gasteiger partial charge in [0.2, 0.25) is 0 Å². The molecular formula is C28H26F2N8OS. The van der Waals surface area contributed by atoms with Gasteiger partial charge in [-0.15, -0.1) is 11.3 Å². The van der Waals surface area contributed by atoms with Crippen LogP contribution in [0.4, 0.5) is 14.6 Å². The Morgan fingerprint density at radius 3 is 2.88 bits per heavy atom. The summed E-state index contributed by atoms with van der Waals surface area (Å²) in [4.78, 5) is 32.5. The normalized spacial score (nSPS) is 17.3. The lowest BCUT2D eigenvalue weighted by Crippen LogP contribution is -2.52. The van der Waals surface area contributed by atoms with E-state index in [2.05, 4.69) is 31.8 Å². The lowest BCUT2D eigenvalue weighted by molar-refractivity contribution is 0.382. The van der Waals surface area contributed by atoms with Gasteiger partial charge < -0.3 is 16.8 Å². The van der Waals surface area contributed by atoms with Crippen molar-refractivity contribution in [3.8, 4) is 10.6 Å². The van der Waals surface area contributed by atoms with Gasteiger partial charge in [-0.25, -0.2) is 23.7 Å². The van der Waals surface area contributed by atoms with Crippen molar-refractivity contribution in [3.63, 3.8) is 0 Å². The van der Waals surface area contributed by atoms with Crippen molar-refractivity contribution < 1.29 is 8.78 Å². The molecule has 9 nitrogen and oxygen atoms in total. The zero-order valence-electron chi connectivity index (χ0n) is 21.5. The number of thiophene rings is 1. The maximum Gasteiger partial charge on any atom is 0.265 e. The summed E-state index contributed by atoms with van der Waals surface area (Å²) in [5, 5.41) is 4.35. The van der Waals surface area contributed by atoms with Crippen LogP contribution < -0.4 is 32.9 Å². The average Bonchev–Trinajstić information content (AvgIpc) is 3.42. The van der Waals surface area contributed by atoms with Crippen LogP contribution in [0.15, 0.2) is 78.3 Å². The number of fused-ring (bicyclic) bond motifs is 1. The van der Waals surface area contributed by atoms with E-state index in [-0.39, 0.29) is 17.5 Å². The predicted molar refractivity (Wildman–Crippen MR) is 153 cm³/mol. The lowest BCUT2D eigenvalue weighted by atomic mass is 9.93. The van der Waals surface area contributed by atoms with Crippen LogP contribution in [0.1, 0.15) is 24.3 Å². The van der Waals surface area contributed by atoms with E-state index in [9.17, 15) is 13.6 Å². The topological polar surface area (TPSA) is 138 Å². The van der Waals surface area contributed by atoms with Crippen molar-refractivity contribution in [1.82, 2.24) is 29.8 Å². The molecule has 0 spiro atoms. The van der Waals surface area contributed by atoms with Gasteiger partial charge in [0.1, 0.15) is 23.2 Å². The number of hydrogen-bond donors (Lipinski definition) is 3. The summed E-state index contributed by atoms with van der Waals surface area (Å²) >= 11 is 1.51. The number of pyridine rings is 1. The molecule has 0 aliphatic heterocycles. The SMILES string of the molecule is C=C/C=c1/ncn([C@@H](C)C2C=C(F)C(F)=CC2)c(=O)/c1=C(/N)NCc1ccc(-c2cc3c(N)ncnc3cn2)s1. The van der Waals surface area contributed by atoms with Crippen LogP contribution >= 0.6 is 11.3 Å². The Morgan fingerprint density at radius 2 is 2.10 bits per heavy atom. The second-order valence-corrected chi connectivity index (χ2v) is 10.4. The van der Waals surface area contributed by atoms with Crippen LogP contribution in [0.5, 0.6) is 0 Å². The molecule has 4 heterocycles. The van der Waals surface area contributed by atoms with Gasteiger partial charge in [-0.3, -0.25) is 14.3 Å². The van der Waals surface area contributed by atoms with Gasteiger partial charge in [-0.1, -0.05) is 12.7 Å². The Kier molecular flexibility index (Phi) is 7.52. The zero-order chi connectivity index (χ0) is 28.4. The van der Waals surface area contributed by atoms with E-state index in [1.54, 1.807) is 19.2 Å². The third-order valence-corrected chi connectivity index (χ3v) is 7.81. The summed E-state index contributed by atoms with van der Waals surface area (Å²) in [5.41, 5.74) is 13.4. The molecule has 0 bridgehead atoms. The Labute approximate surface area is 231 Å². The summed E-state index contributed by atoms with van der Waals surface area (Å²) in [7, 11) is 0. The molecule has 0 aromatic carbocycles. The molecule has 0 saturated carbocycles. The van der Waals surface area contributed by atoms with Crippen LogP contribution in [0.2, 0.25) is 0 Å². The molecule has 4 aromatic rings. The van der Waals surface area contributed by atoms with Gasteiger partial charge >= 0.3 is 0 Å². The average molecular weight is 561 g/mol. The highest BCUT2D eigenvalue weighted by Gasteiger charge is 2.23. The standard InChI is InChI=1S/C28H26F2N8OS/c1-3-4-21-25(28(39)38(14-37-21)15(2)16-5-7-19(29)20(30)9-16)27(32)34-11-17-6-8-24(40-17)22-10-18-23(12-33-22)35-13-36-26(18)31/h3-4,6-10,12-16,34H,1,5,11,32H2,2H3,(H2,31,35,36)/b21-4+,27-25-/t15-,16?/m0/s1. The maximum absolute atomic E-state index is 13.9. The quantitative estimate of drug-likeness (QED) is 0.314. The number of halogens is 2. The molecule has 1 aliphatic carbocycles. The van der Waals surface area contributed by atoms with Crippen molar-refractivity contribution in [2.75, 3.05) is 5.73 Å². The fourth-order valence-electron chi connectivity index (χ4n) is 4.47. The first-order chi connectivity index (χ1) is 19.3. The van der Waals surface area contributed by atoms with Crippen LogP contribution in [0.3, 0.4) is 0 Å². The number of rotatable bonds is 7. The van der Waals surface area contributed by atoms with E-state index >= 15 is 0 Å². The van der Waals surface area contributed by atoms with Crippen LogP contribution in [-0.4, -0.2) is 24.5 Å². The first-order valence-corrected chi connectivity index (χ1v) is 13.2. The second-order valence-electron chi connectivity index (χ2n) is 9.21. The highest BCUT2D eigenvalue weighted by Crippen LogP contribution is 2.31. The predicted octanol–water partition coefficient (Wildman–Crippen LogP) is 2.96. The number of nitrogens with zero attached hydrogens (tertiary/aromatic N) is 5. The molecule has 1 unspecified atom stereocenters. The summed E-state index contributed by atoms with van der Waals surface area (Å²) in [6, 6.07) is 5.24. The van der Waals surface area contributed by atoms with Crippen molar-refractivity contribution in [1.29, 1.82) is 0 Å². The molecule has 2 atom stereocenters. The Morgan fingerprint density at radius 1 is 1.27 bits per heavy atom. The largest absolute Gasteiger partial charge is 0.385 e. The van der Waals surface area contributed by atoms with E-state index < -0.39 is 29.2 Å². The molecule has 0 radical (unpaired) electrons. The van der Waals surface area contributed by atoms with Crippen molar-refractivity contribution in [2.45, 2.75) is 25.9 Å². The summed E-state index contributed by atoms with van der Waals surface area (Å²) in [6.45, 7) is 5.79. The Bertz CT molecular complexity index is 1860. The number of allylic oxidation sites excluding steroid dienone is 5. The highest BCUT2D eigenvalue weighted by molar-refractivity contribution is 7.15. The third kappa shape index (κ3) is 5.25. The Balaban J connectivity index is 1.43. The molecule has 40 heavy (non-hydrogen) atoms. The fraction of sp³-hybridized carbons (Fsp3) is 0.179. The van der Waals surface area contributed by atoms with Gasteiger partial charge in [0.05, 0.1) is 40.5 Å². The summed E-state index contributed by atoms with van der Waals surface area (Å²) in [6.07, 6.45) is 10.2. The molecule has 0 fully saturated rings. The highest BCUT2D eigenvalue weighted by atomic mass is 32.1. The van der Waals surface area contributed by atoms with Crippen molar-refractivity contribution in [2.24, 2.45) is 11.7 Å². The number of nitrogen functional groups attached to an aromatic ring is 1. The summed E-state index contributed by atoms with van der Waals surface area (Å²) < 4.78 is 28.8. The van der Waals surface area contributed by atoms with Gasteiger partial charge in [-0.2, -0.15) is 0 Å². The van der Waals surface area contributed by atoms with Crippen molar-refractivity contribution >= 4 is 40.0 Å². The smallest absolute Gasteiger partial charge is 0.265 e. The minimum absolute atomic E-state index is 0.132. The molecule has 12 heteroatoms. The van der Waals surface area contributed by atoms with Crippen LogP contribution in [0, 0.1) is 5.92 Å². The third-order valence-electron chi connectivity index (χ3n) is 6.71. The molecule has 5 rings (SSSR count). The molecule has 1 aliphatic rings. The first kappa shape index (κ1) is 26.9. The van der Waals surface area contributed by atoms with Gasteiger partial charge in [0, 0.05) is 22.2 Å². The second kappa shape index (κ2) is 11.2. The minimum Gasteiger partial charge on any atom is -0.385 e. The van der Waals surface area contributed by atoms with Crippen LogP contribution in [-0.2, 0) is 6.54 Å². The molecule has 0 amide bonds. The molecule has 4 aromatic heterocycles. The monoisotopic (exact) mass is 560 g/mol. The number of nitrogens with one attached hydrogen (secondary N) is 1.